The van der Waals surface area contributed by atoms with Crippen molar-refractivity contribution in [1.29, 1.82) is 0 Å². The zero-order chi connectivity index (χ0) is 11.0. The number of likely N-dealkylation sites (N-methyl/N-ethyl adjacent to an activating group) is 1. The minimum absolute atomic E-state index is 0.231. The summed E-state index contributed by atoms with van der Waals surface area (Å²) in [5.74, 6) is 0. The lowest BCUT2D eigenvalue weighted by atomic mass is 10.1. The first kappa shape index (κ1) is 10.4. The van der Waals surface area contributed by atoms with Crippen LogP contribution >= 0.6 is 11.3 Å². The van der Waals surface area contributed by atoms with Crippen LogP contribution in [0.4, 0.5) is 4.79 Å². The molecule has 6 heteroatoms. The van der Waals surface area contributed by atoms with Crippen molar-refractivity contribution < 1.29 is 14.6 Å². The maximum absolute atomic E-state index is 10.4. The molecule has 15 heavy (non-hydrogen) atoms. The first-order valence-electron chi connectivity index (χ1n) is 4.68. The van der Waals surface area contributed by atoms with Gasteiger partial charge in [0.15, 0.2) is 0 Å². The van der Waals surface area contributed by atoms with E-state index in [2.05, 4.69) is 21.5 Å². The molecule has 1 aliphatic heterocycles. The van der Waals surface area contributed by atoms with Crippen LogP contribution in [0.3, 0.4) is 0 Å². The van der Waals surface area contributed by atoms with Crippen molar-refractivity contribution in [2.75, 3.05) is 13.6 Å². The maximum Gasteiger partial charge on any atom is 0.513 e. The Hall–Kier alpha value is -1.14. The minimum atomic E-state index is -1.30. The van der Waals surface area contributed by atoms with Crippen molar-refractivity contribution in [3.05, 3.63) is 10.6 Å². The van der Waals surface area contributed by atoms with Gasteiger partial charge in [-0.1, -0.05) is 11.3 Å². The summed E-state index contributed by atoms with van der Waals surface area (Å²) in [7, 11) is 2.05. The van der Waals surface area contributed by atoms with Crippen LogP contribution in [0.2, 0.25) is 0 Å². The van der Waals surface area contributed by atoms with E-state index in [0.29, 0.717) is 0 Å². The van der Waals surface area contributed by atoms with Crippen LogP contribution in [0.5, 0.6) is 5.19 Å². The van der Waals surface area contributed by atoms with E-state index in [1.807, 2.05) is 7.05 Å². The van der Waals surface area contributed by atoms with Crippen LogP contribution in [-0.4, -0.2) is 34.7 Å². The fraction of sp³-hybridized carbons (Fsp3) is 0.556. The van der Waals surface area contributed by atoms with Gasteiger partial charge in [-0.15, -0.1) is 0 Å². The molecule has 82 valence electrons. The molecule has 1 aromatic heterocycles. The number of thiazole rings is 1. The summed E-state index contributed by atoms with van der Waals surface area (Å²) in [6.45, 7) is 3.03. The molecule has 0 bridgehead atoms. The quantitative estimate of drug-likeness (QED) is 0.742. The van der Waals surface area contributed by atoms with Crippen LogP contribution in [-0.2, 0) is 6.42 Å². The molecule has 1 aliphatic rings. The predicted octanol–water partition coefficient (Wildman–Crippen LogP) is 1.75. The molecule has 0 aliphatic carbocycles. The van der Waals surface area contributed by atoms with Crippen LogP contribution < -0.4 is 4.74 Å². The monoisotopic (exact) mass is 228 g/mol. The predicted molar refractivity (Wildman–Crippen MR) is 55.5 cm³/mol. The molecule has 0 saturated heterocycles. The van der Waals surface area contributed by atoms with E-state index in [1.165, 1.54) is 11.3 Å². The van der Waals surface area contributed by atoms with E-state index >= 15 is 0 Å². The lowest BCUT2D eigenvalue weighted by Gasteiger charge is -2.28. The largest absolute Gasteiger partial charge is 0.513 e. The zero-order valence-electron chi connectivity index (χ0n) is 8.56. The second kappa shape index (κ2) is 3.79. The van der Waals surface area contributed by atoms with Gasteiger partial charge in [-0.05, 0) is 14.0 Å². The molecule has 1 atom stereocenters. The van der Waals surface area contributed by atoms with E-state index in [1.54, 1.807) is 0 Å². The molecule has 2 heterocycles. The summed E-state index contributed by atoms with van der Waals surface area (Å²) in [5.41, 5.74) is 0.974. The Morgan fingerprint density at radius 3 is 3.13 bits per heavy atom. The lowest BCUT2D eigenvalue weighted by molar-refractivity contribution is 0.144. The number of aromatic nitrogens is 1. The van der Waals surface area contributed by atoms with Crippen LogP contribution in [0.15, 0.2) is 0 Å². The molecular formula is C9H12N2O3S. The summed E-state index contributed by atoms with van der Waals surface area (Å²) < 4.78 is 4.56. The number of hydrogen-bond donors (Lipinski definition) is 1. The summed E-state index contributed by atoms with van der Waals surface area (Å²) in [5, 5.41) is 8.71. The Morgan fingerprint density at radius 2 is 2.47 bits per heavy atom. The molecule has 0 amide bonds. The molecule has 5 nitrogen and oxygen atoms in total. The van der Waals surface area contributed by atoms with Gasteiger partial charge in [-0.2, -0.15) is 0 Å². The first-order valence-corrected chi connectivity index (χ1v) is 5.50. The number of hydrogen-bond acceptors (Lipinski definition) is 5. The number of ether oxygens (including phenoxy) is 1. The summed E-state index contributed by atoms with van der Waals surface area (Å²) in [6, 6.07) is 0.289. The number of rotatable bonds is 1. The van der Waals surface area contributed by atoms with Crippen molar-refractivity contribution in [2.24, 2.45) is 0 Å². The second-order valence-corrected chi connectivity index (χ2v) is 4.56. The molecule has 0 radical (unpaired) electrons. The average Bonchev–Trinajstić information content (AvgIpc) is 2.54. The SMILES string of the molecule is CC1c2sc(OC(=O)O)nc2CCN1C. The van der Waals surface area contributed by atoms with Gasteiger partial charge in [0.05, 0.1) is 5.69 Å². The highest BCUT2D eigenvalue weighted by atomic mass is 32.1. The van der Waals surface area contributed by atoms with E-state index < -0.39 is 6.16 Å². The van der Waals surface area contributed by atoms with Gasteiger partial charge in [-0.25, -0.2) is 9.78 Å². The van der Waals surface area contributed by atoms with Crippen molar-refractivity contribution >= 4 is 17.5 Å². The summed E-state index contributed by atoms with van der Waals surface area (Å²) in [6.07, 6.45) is -0.447. The van der Waals surface area contributed by atoms with Crippen molar-refractivity contribution in [3.63, 3.8) is 0 Å². The number of fused-ring (bicyclic) bond motifs is 1. The third-order valence-electron chi connectivity index (χ3n) is 2.62. The summed E-state index contributed by atoms with van der Waals surface area (Å²) >= 11 is 1.32. The minimum Gasteiger partial charge on any atom is -0.449 e. The molecule has 1 N–H and O–H groups in total. The van der Waals surface area contributed by atoms with Gasteiger partial charge in [0.2, 0.25) is 0 Å². The lowest BCUT2D eigenvalue weighted by Crippen LogP contribution is -2.29. The Morgan fingerprint density at radius 1 is 1.73 bits per heavy atom. The van der Waals surface area contributed by atoms with Gasteiger partial charge in [0.25, 0.3) is 5.19 Å². The van der Waals surface area contributed by atoms with Gasteiger partial charge >= 0.3 is 6.16 Å². The second-order valence-electron chi connectivity index (χ2n) is 3.57. The van der Waals surface area contributed by atoms with Gasteiger partial charge < -0.3 is 9.84 Å². The molecule has 0 fully saturated rings. The highest BCUT2D eigenvalue weighted by Crippen LogP contribution is 2.36. The number of carboxylic acid groups (broad SMARTS) is 1. The molecule has 1 unspecified atom stereocenters. The van der Waals surface area contributed by atoms with Crippen LogP contribution in [0.25, 0.3) is 0 Å². The van der Waals surface area contributed by atoms with E-state index in [-0.39, 0.29) is 11.2 Å². The van der Waals surface area contributed by atoms with E-state index in [9.17, 15) is 4.79 Å². The number of nitrogens with zero attached hydrogens (tertiary/aromatic N) is 2. The summed E-state index contributed by atoms with van der Waals surface area (Å²) in [4.78, 5) is 17.9. The van der Waals surface area contributed by atoms with E-state index in [0.717, 1.165) is 23.5 Å². The van der Waals surface area contributed by atoms with Crippen molar-refractivity contribution in [3.8, 4) is 5.19 Å². The van der Waals surface area contributed by atoms with Gasteiger partial charge in [0.1, 0.15) is 0 Å². The normalized spacial score (nSPS) is 21.1. The molecular weight excluding hydrogens is 216 g/mol. The Bertz CT molecular complexity index is 391. The molecule has 0 spiro atoms. The third kappa shape index (κ3) is 1.95. The first-order chi connectivity index (χ1) is 7.08. The molecule has 2 rings (SSSR count). The molecule has 1 aromatic rings. The number of carbonyl (C=O) groups is 1. The maximum atomic E-state index is 10.4. The Kier molecular flexibility index (Phi) is 2.62. The van der Waals surface area contributed by atoms with Gasteiger partial charge in [0, 0.05) is 23.9 Å². The smallest absolute Gasteiger partial charge is 0.449 e. The van der Waals surface area contributed by atoms with Gasteiger partial charge in [-0.3, -0.25) is 4.90 Å². The highest BCUT2D eigenvalue weighted by Gasteiger charge is 2.26. The Balaban J connectivity index is 2.27. The average molecular weight is 228 g/mol. The van der Waals surface area contributed by atoms with Crippen LogP contribution in [0.1, 0.15) is 23.5 Å². The standard InChI is InChI=1S/C9H12N2O3S/c1-5-7-6(3-4-11(5)2)10-8(15-7)14-9(12)13/h5H,3-4H2,1-2H3,(H,12,13). The third-order valence-corrected chi connectivity index (χ3v) is 3.77. The van der Waals surface area contributed by atoms with Crippen molar-refractivity contribution in [2.45, 2.75) is 19.4 Å². The molecule has 0 aromatic carbocycles. The van der Waals surface area contributed by atoms with E-state index in [4.69, 9.17) is 5.11 Å². The fourth-order valence-corrected chi connectivity index (χ4v) is 2.71. The topological polar surface area (TPSA) is 62.7 Å². The Labute approximate surface area is 91.3 Å². The highest BCUT2D eigenvalue weighted by molar-refractivity contribution is 7.13. The fourth-order valence-electron chi connectivity index (χ4n) is 1.64. The molecule has 0 saturated carbocycles. The van der Waals surface area contributed by atoms with Crippen LogP contribution in [0, 0.1) is 0 Å². The zero-order valence-corrected chi connectivity index (χ0v) is 9.37. The van der Waals surface area contributed by atoms with Crippen molar-refractivity contribution in [1.82, 2.24) is 9.88 Å².